The number of hydrogen-bond acceptors (Lipinski definition) is 5. The number of amides is 1. The summed E-state index contributed by atoms with van der Waals surface area (Å²) in [6, 6.07) is -0.801. The minimum absolute atomic E-state index is 0. The number of halogens is 4. The Balaban J connectivity index is 0.00000132. The predicted octanol–water partition coefficient (Wildman–Crippen LogP) is 0.346. The van der Waals surface area contributed by atoms with Gasteiger partial charge in [-0.25, -0.2) is 13.8 Å². The van der Waals surface area contributed by atoms with Crippen LogP contribution in [0, 0.1) is 0 Å². The van der Waals surface area contributed by atoms with E-state index in [9.17, 15) is 13.6 Å². The van der Waals surface area contributed by atoms with E-state index in [2.05, 4.69) is 15.4 Å². The van der Waals surface area contributed by atoms with Gasteiger partial charge in [0.25, 0.3) is 5.92 Å². The molecule has 0 aliphatic carbocycles. The second-order valence-corrected chi connectivity index (χ2v) is 5.39. The Bertz CT molecular complexity index is 506. The van der Waals surface area contributed by atoms with Gasteiger partial charge in [-0.05, 0) is 0 Å². The van der Waals surface area contributed by atoms with Crippen molar-refractivity contribution in [3.05, 3.63) is 12.7 Å². The molecule has 132 valence electrons. The maximum Gasteiger partial charge on any atom is 0.262 e. The zero-order chi connectivity index (χ0) is 14.9. The van der Waals surface area contributed by atoms with Gasteiger partial charge in [0, 0.05) is 19.5 Å². The highest BCUT2D eigenvalue weighted by Crippen LogP contribution is 2.26. The molecule has 0 spiro atoms. The molecule has 1 aromatic heterocycles. The van der Waals surface area contributed by atoms with Crippen molar-refractivity contribution in [3.8, 4) is 0 Å². The zero-order valence-corrected chi connectivity index (χ0v) is 13.9. The van der Waals surface area contributed by atoms with E-state index in [0.717, 1.165) is 0 Å². The van der Waals surface area contributed by atoms with Crippen molar-refractivity contribution in [2.24, 2.45) is 0 Å². The van der Waals surface area contributed by atoms with E-state index in [1.807, 2.05) is 0 Å². The van der Waals surface area contributed by atoms with Gasteiger partial charge in [-0.1, -0.05) is 0 Å². The molecule has 3 rings (SSSR count). The van der Waals surface area contributed by atoms with Crippen LogP contribution < -0.4 is 5.32 Å². The molecular formula is C12H19Cl2F2N5O2. The van der Waals surface area contributed by atoms with E-state index in [1.165, 1.54) is 6.33 Å². The van der Waals surface area contributed by atoms with Crippen LogP contribution in [0.15, 0.2) is 12.7 Å². The number of morpholine rings is 1. The van der Waals surface area contributed by atoms with Gasteiger partial charge >= 0.3 is 0 Å². The molecule has 7 nitrogen and oxygen atoms in total. The maximum absolute atomic E-state index is 13.2. The number of rotatable bonds is 3. The van der Waals surface area contributed by atoms with Gasteiger partial charge in [-0.2, -0.15) is 5.10 Å². The molecule has 0 saturated carbocycles. The molecule has 11 heteroatoms. The monoisotopic (exact) mass is 373 g/mol. The summed E-state index contributed by atoms with van der Waals surface area (Å²) in [6.45, 7) is 1.25. The molecule has 2 aliphatic heterocycles. The van der Waals surface area contributed by atoms with Gasteiger partial charge in [-0.3, -0.25) is 14.8 Å². The second kappa shape index (κ2) is 8.18. The minimum Gasteiger partial charge on any atom is -0.373 e. The molecule has 1 aromatic rings. The van der Waals surface area contributed by atoms with Crippen LogP contribution >= 0.6 is 24.8 Å². The third kappa shape index (κ3) is 4.97. The van der Waals surface area contributed by atoms with Crippen molar-refractivity contribution in [3.63, 3.8) is 0 Å². The minimum atomic E-state index is -2.80. The molecule has 0 aromatic carbocycles. The van der Waals surface area contributed by atoms with Gasteiger partial charge in [0.15, 0.2) is 0 Å². The first-order valence-electron chi connectivity index (χ1n) is 6.87. The van der Waals surface area contributed by atoms with Crippen molar-refractivity contribution in [1.29, 1.82) is 0 Å². The van der Waals surface area contributed by atoms with Crippen LogP contribution in [0.5, 0.6) is 0 Å². The molecule has 2 aliphatic rings. The summed E-state index contributed by atoms with van der Waals surface area (Å²) in [4.78, 5) is 17.7. The third-order valence-corrected chi connectivity index (χ3v) is 3.72. The summed E-state index contributed by atoms with van der Waals surface area (Å²) >= 11 is 0. The molecule has 2 fully saturated rings. The zero-order valence-electron chi connectivity index (χ0n) is 12.2. The molecule has 1 N–H and O–H groups in total. The fourth-order valence-corrected chi connectivity index (χ4v) is 2.68. The lowest BCUT2D eigenvalue weighted by Crippen LogP contribution is -2.52. The average molecular weight is 374 g/mol. The summed E-state index contributed by atoms with van der Waals surface area (Å²) in [5.41, 5.74) is 0. The summed E-state index contributed by atoms with van der Waals surface area (Å²) in [5, 5.41) is 6.58. The first kappa shape index (κ1) is 20.0. The van der Waals surface area contributed by atoms with Crippen LogP contribution in [0.2, 0.25) is 0 Å². The highest BCUT2D eigenvalue weighted by Gasteiger charge is 2.44. The lowest BCUT2D eigenvalue weighted by Gasteiger charge is -2.34. The second-order valence-electron chi connectivity index (χ2n) is 5.39. The Morgan fingerprint density at radius 1 is 1.43 bits per heavy atom. The van der Waals surface area contributed by atoms with E-state index >= 15 is 0 Å². The summed E-state index contributed by atoms with van der Waals surface area (Å²) in [5.74, 6) is -3.08. The Morgan fingerprint density at radius 2 is 2.22 bits per heavy atom. The number of nitrogens with zero attached hydrogens (tertiary/aromatic N) is 4. The smallest absolute Gasteiger partial charge is 0.262 e. The van der Waals surface area contributed by atoms with Gasteiger partial charge in [0.05, 0.1) is 31.8 Å². The van der Waals surface area contributed by atoms with E-state index in [4.69, 9.17) is 4.74 Å². The largest absolute Gasteiger partial charge is 0.373 e. The van der Waals surface area contributed by atoms with Gasteiger partial charge < -0.3 is 9.64 Å². The Kier molecular flexibility index (Phi) is 7.12. The Labute approximate surface area is 144 Å². The lowest BCUT2D eigenvalue weighted by molar-refractivity contribution is -0.141. The van der Waals surface area contributed by atoms with Gasteiger partial charge in [-0.15, -0.1) is 24.8 Å². The number of aromatic nitrogens is 3. The number of carbonyl (C=O) groups is 1. The van der Waals surface area contributed by atoms with Crippen molar-refractivity contribution in [1.82, 2.24) is 25.0 Å². The standard InChI is InChI=1S/C12H17F2N5O2.2ClH/c13-12(14)3-10(16-6-12)11(20)18-1-2-21-9(4-18)5-19-8-15-7-17-19;;/h7-10,16H,1-6H2;2*1H. The average Bonchev–Trinajstić information content (AvgIpc) is 3.08. The van der Waals surface area contributed by atoms with Crippen LogP contribution in [0.3, 0.4) is 0 Å². The molecular weight excluding hydrogens is 355 g/mol. The van der Waals surface area contributed by atoms with E-state index in [1.54, 1.807) is 15.9 Å². The van der Waals surface area contributed by atoms with E-state index < -0.39 is 24.9 Å². The molecule has 3 heterocycles. The quantitative estimate of drug-likeness (QED) is 0.827. The van der Waals surface area contributed by atoms with E-state index in [-0.39, 0.29) is 36.8 Å². The topological polar surface area (TPSA) is 72.3 Å². The van der Waals surface area contributed by atoms with Crippen LogP contribution in [-0.4, -0.2) is 69.9 Å². The number of nitrogens with one attached hydrogen (secondary N) is 1. The molecule has 2 saturated heterocycles. The highest BCUT2D eigenvalue weighted by molar-refractivity contribution is 5.85. The number of alkyl halides is 2. The summed E-state index contributed by atoms with van der Waals surface area (Å²) < 4.78 is 33.6. The van der Waals surface area contributed by atoms with Crippen molar-refractivity contribution in [2.75, 3.05) is 26.2 Å². The first-order valence-corrected chi connectivity index (χ1v) is 6.87. The third-order valence-electron chi connectivity index (χ3n) is 3.72. The Hall–Kier alpha value is -1.03. The summed E-state index contributed by atoms with van der Waals surface area (Å²) in [6.07, 6.45) is 2.36. The number of hydrogen-bond donors (Lipinski definition) is 1. The molecule has 0 bridgehead atoms. The SMILES string of the molecule is Cl.Cl.O=C(C1CC(F)(F)CN1)N1CCOC(Cn2cncn2)C1. The van der Waals surface area contributed by atoms with Crippen LogP contribution in [-0.2, 0) is 16.1 Å². The normalized spacial score (nSPS) is 26.3. The van der Waals surface area contributed by atoms with Crippen LogP contribution in [0.1, 0.15) is 6.42 Å². The summed E-state index contributed by atoms with van der Waals surface area (Å²) in [7, 11) is 0. The van der Waals surface area contributed by atoms with E-state index in [0.29, 0.717) is 26.2 Å². The molecule has 1 amide bonds. The predicted molar refractivity (Wildman–Crippen MR) is 82.2 cm³/mol. The first-order chi connectivity index (χ1) is 10.0. The Morgan fingerprint density at radius 3 is 2.83 bits per heavy atom. The fraction of sp³-hybridized carbons (Fsp3) is 0.750. The van der Waals surface area contributed by atoms with Crippen molar-refractivity contribution >= 4 is 30.7 Å². The van der Waals surface area contributed by atoms with Gasteiger partial charge in [0.1, 0.15) is 12.7 Å². The lowest BCUT2D eigenvalue weighted by atomic mass is 10.1. The number of ether oxygens (including phenoxy) is 1. The van der Waals surface area contributed by atoms with Crippen molar-refractivity contribution in [2.45, 2.75) is 31.0 Å². The maximum atomic E-state index is 13.2. The van der Waals surface area contributed by atoms with Gasteiger partial charge in [0.2, 0.25) is 5.91 Å². The van der Waals surface area contributed by atoms with Crippen LogP contribution in [0.25, 0.3) is 0 Å². The van der Waals surface area contributed by atoms with Crippen LogP contribution in [0.4, 0.5) is 8.78 Å². The number of carbonyl (C=O) groups excluding carboxylic acids is 1. The molecule has 23 heavy (non-hydrogen) atoms. The molecule has 2 unspecified atom stereocenters. The van der Waals surface area contributed by atoms with Crippen molar-refractivity contribution < 1.29 is 18.3 Å². The molecule has 2 atom stereocenters. The highest BCUT2D eigenvalue weighted by atomic mass is 35.5. The fourth-order valence-electron chi connectivity index (χ4n) is 2.68. The molecule has 0 radical (unpaired) electrons.